The first-order valence-electron chi connectivity index (χ1n) is 9.37. The van der Waals surface area contributed by atoms with Gasteiger partial charge in [-0.2, -0.15) is 0 Å². The zero-order valence-electron chi connectivity index (χ0n) is 17.4. The van der Waals surface area contributed by atoms with E-state index in [1.165, 1.54) is 22.2 Å². The summed E-state index contributed by atoms with van der Waals surface area (Å²) in [4.78, 5) is 30.5. The molecule has 1 N–H and O–H groups in total. The van der Waals surface area contributed by atoms with Crippen LogP contribution in [0.15, 0.2) is 47.5 Å². The van der Waals surface area contributed by atoms with Crippen molar-refractivity contribution in [3.05, 3.63) is 64.7 Å². The van der Waals surface area contributed by atoms with E-state index in [2.05, 4.69) is 38.2 Å². The van der Waals surface area contributed by atoms with Gasteiger partial charge in [0.25, 0.3) is 5.91 Å². The minimum Gasteiger partial charge on any atom is -0.345 e. The number of hydrogen-bond acceptors (Lipinski definition) is 4. The normalized spacial score (nSPS) is 10.8. The van der Waals surface area contributed by atoms with Gasteiger partial charge in [-0.05, 0) is 68.3 Å². The number of aromatic nitrogens is 1. The van der Waals surface area contributed by atoms with Crippen LogP contribution in [0.5, 0.6) is 0 Å². The molecule has 6 heteroatoms. The fraction of sp³-hybridized carbons (Fsp3) is 0.261. The Kier molecular flexibility index (Phi) is 6.23. The van der Waals surface area contributed by atoms with E-state index in [1.54, 1.807) is 38.4 Å². The molecule has 150 valence electrons. The number of amides is 2. The molecule has 0 aliphatic heterocycles. The number of nitrogens with one attached hydrogen (secondary N) is 1. The molecule has 1 aromatic heterocycles. The number of anilines is 1. The highest BCUT2D eigenvalue weighted by Gasteiger charge is 2.11. The molecular weight excluding hydrogens is 382 g/mol. The van der Waals surface area contributed by atoms with Gasteiger partial charge in [0.05, 0.1) is 16.3 Å². The first kappa shape index (κ1) is 20.9. The molecule has 29 heavy (non-hydrogen) atoms. The lowest BCUT2D eigenvalue weighted by molar-refractivity contribution is -0.113. The topological polar surface area (TPSA) is 62.3 Å². The van der Waals surface area contributed by atoms with E-state index in [0.717, 1.165) is 27.1 Å². The van der Waals surface area contributed by atoms with E-state index in [1.807, 2.05) is 6.07 Å². The van der Waals surface area contributed by atoms with Gasteiger partial charge in [0.15, 0.2) is 0 Å². The van der Waals surface area contributed by atoms with Crippen molar-refractivity contribution in [3.63, 3.8) is 0 Å². The number of aryl methyl sites for hydroxylation is 3. The highest BCUT2D eigenvalue weighted by molar-refractivity contribution is 7.99. The molecule has 2 aromatic carbocycles. The molecule has 0 aliphatic rings. The Labute approximate surface area is 175 Å². The van der Waals surface area contributed by atoms with Crippen molar-refractivity contribution < 1.29 is 9.59 Å². The van der Waals surface area contributed by atoms with Gasteiger partial charge in [-0.25, -0.2) is 4.98 Å². The Balaban J connectivity index is 1.66. The number of hydrogen-bond donors (Lipinski definition) is 1. The summed E-state index contributed by atoms with van der Waals surface area (Å²) in [6, 6.07) is 13.2. The Morgan fingerprint density at radius 1 is 1.00 bits per heavy atom. The molecule has 2 amide bonds. The summed E-state index contributed by atoms with van der Waals surface area (Å²) < 4.78 is 0. The van der Waals surface area contributed by atoms with Gasteiger partial charge in [-0.15, -0.1) is 0 Å². The molecule has 3 rings (SSSR count). The van der Waals surface area contributed by atoms with Gasteiger partial charge < -0.3 is 10.2 Å². The Bertz CT molecular complexity index is 1080. The number of benzene rings is 2. The minimum absolute atomic E-state index is 0.0679. The van der Waals surface area contributed by atoms with Gasteiger partial charge in [-0.1, -0.05) is 23.4 Å². The molecule has 0 radical (unpaired) electrons. The summed E-state index contributed by atoms with van der Waals surface area (Å²) in [7, 11) is 3.42. The summed E-state index contributed by atoms with van der Waals surface area (Å²) in [6.45, 7) is 6.22. The van der Waals surface area contributed by atoms with Crippen molar-refractivity contribution in [3.8, 4) is 0 Å². The maximum atomic E-state index is 12.3. The summed E-state index contributed by atoms with van der Waals surface area (Å²) in [5.41, 5.74) is 5.76. The first-order chi connectivity index (χ1) is 13.7. The summed E-state index contributed by atoms with van der Waals surface area (Å²) in [5.74, 6) is 0.0878. The Morgan fingerprint density at radius 3 is 2.34 bits per heavy atom. The second-order valence-electron chi connectivity index (χ2n) is 7.37. The predicted octanol–water partition coefficient (Wildman–Crippen LogP) is 4.59. The lowest BCUT2D eigenvalue weighted by Gasteiger charge is -2.11. The first-order valence-corrected chi connectivity index (χ1v) is 10.4. The quantitative estimate of drug-likeness (QED) is 0.628. The third-order valence-electron chi connectivity index (χ3n) is 4.60. The zero-order chi connectivity index (χ0) is 21.1. The van der Waals surface area contributed by atoms with Crippen molar-refractivity contribution in [2.75, 3.05) is 25.2 Å². The fourth-order valence-corrected chi connectivity index (χ4v) is 3.95. The van der Waals surface area contributed by atoms with Crippen molar-refractivity contribution in [2.45, 2.75) is 25.8 Å². The minimum atomic E-state index is -0.109. The Morgan fingerprint density at radius 2 is 1.69 bits per heavy atom. The molecule has 0 atom stereocenters. The van der Waals surface area contributed by atoms with Gasteiger partial charge in [-0.3, -0.25) is 9.59 Å². The second-order valence-corrected chi connectivity index (χ2v) is 8.36. The molecule has 0 unspecified atom stereocenters. The van der Waals surface area contributed by atoms with Crippen molar-refractivity contribution in [1.82, 2.24) is 9.88 Å². The largest absolute Gasteiger partial charge is 0.345 e. The molecule has 0 aliphatic carbocycles. The standard InChI is InChI=1S/C23H25N3O2S/c1-14-10-16(3)22-19(11-14)15(2)12-21(25-22)29-13-20(27)24-18-8-6-17(7-9-18)23(28)26(4)5/h6-12H,13H2,1-5H3,(H,24,27). The van der Waals surface area contributed by atoms with Crippen LogP contribution in [0.25, 0.3) is 10.9 Å². The SMILES string of the molecule is Cc1cc(C)c2nc(SCC(=O)Nc3ccc(C(=O)N(C)C)cc3)cc(C)c2c1. The lowest BCUT2D eigenvalue weighted by atomic mass is 10.0. The van der Waals surface area contributed by atoms with Crippen LogP contribution in [-0.2, 0) is 4.79 Å². The van der Waals surface area contributed by atoms with E-state index in [-0.39, 0.29) is 17.6 Å². The van der Waals surface area contributed by atoms with Crippen LogP contribution in [0, 0.1) is 20.8 Å². The lowest BCUT2D eigenvalue weighted by Crippen LogP contribution is -2.21. The third kappa shape index (κ3) is 4.95. The summed E-state index contributed by atoms with van der Waals surface area (Å²) in [6.07, 6.45) is 0. The van der Waals surface area contributed by atoms with Crippen LogP contribution in [0.3, 0.4) is 0 Å². The zero-order valence-corrected chi connectivity index (χ0v) is 18.2. The smallest absolute Gasteiger partial charge is 0.253 e. The van der Waals surface area contributed by atoms with E-state index in [0.29, 0.717) is 11.3 Å². The second kappa shape index (κ2) is 8.66. The van der Waals surface area contributed by atoms with Crippen LogP contribution < -0.4 is 5.32 Å². The molecule has 5 nitrogen and oxygen atoms in total. The molecule has 0 fully saturated rings. The number of carbonyl (C=O) groups excluding carboxylic acids is 2. The molecule has 3 aromatic rings. The van der Waals surface area contributed by atoms with Crippen molar-refractivity contribution in [2.24, 2.45) is 0 Å². The average molecular weight is 408 g/mol. The average Bonchev–Trinajstić information content (AvgIpc) is 2.67. The number of pyridine rings is 1. The van der Waals surface area contributed by atoms with Gasteiger partial charge in [0, 0.05) is 30.7 Å². The van der Waals surface area contributed by atoms with Crippen molar-refractivity contribution >= 4 is 40.2 Å². The maximum absolute atomic E-state index is 12.3. The van der Waals surface area contributed by atoms with Gasteiger partial charge in [0.1, 0.15) is 0 Å². The van der Waals surface area contributed by atoms with Gasteiger partial charge in [0.2, 0.25) is 5.91 Å². The van der Waals surface area contributed by atoms with Crippen LogP contribution in [0.2, 0.25) is 0 Å². The van der Waals surface area contributed by atoms with Crippen molar-refractivity contribution in [1.29, 1.82) is 0 Å². The highest BCUT2D eigenvalue weighted by atomic mass is 32.2. The van der Waals surface area contributed by atoms with E-state index >= 15 is 0 Å². The molecule has 0 saturated carbocycles. The van der Waals surface area contributed by atoms with E-state index in [4.69, 9.17) is 4.98 Å². The monoisotopic (exact) mass is 407 g/mol. The van der Waals surface area contributed by atoms with Gasteiger partial charge >= 0.3 is 0 Å². The number of rotatable bonds is 5. The van der Waals surface area contributed by atoms with E-state index < -0.39 is 0 Å². The number of thioether (sulfide) groups is 1. The van der Waals surface area contributed by atoms with Crippen LogP contribution in [0.4, 0.5) is 5.69 Å². The molecule has 0 bridgehead atoms. The number of fused-ring (bicyclic) bond motifs is 1. The molecular formula is C23H25N3O2S. The molecule has 0 saturated heterocycles. The van der Waals surface area contributed by atoms with Crippen LogP contribution in [0.1, 0.15) is 27.0 Å². The maximum Gasteiger partial charge on any atom is 0.253 e. The fourth-order valence-electron chi connectivity index (χ4n) is 3.18. The van der Waals surface area contributed by atoms with Crippen LogP contribution in [-0.4, -0.2) is 41.5 Å². The third-order valence-corrected chi connectivity index (χ3v) is 5.52. The molecule has 0 spiro atoms. The highest BCUT2D eigenvalue weighted by Crippen LogP contribution is 2.27. The van der Waals surface area contributed by atoms with Crippen LogP contribution >= 0.6 is 11.8 Å². The Hall–Kier alpha value is -2.86. The molecule has 1 heterocycles. The summed E-state index contributed by atoms with van der Waals surface area (Å²) >= 11 is 1.42. The number of carbonyl (C=O) groups is 2. The summed E-state index contributed by atoms with van der Waals surface area (Å²) in [5, 5.41) is 4.86. The number of nitrogens with zero attached hydrogens (tertiary/aromatic N) is 2. The van der Waals surface area contributed by atoms with E-state index in [9.17, 15) is 9.59 Å². The predicted molar refractivity (Wildman–Crippen MR) is 120 cm³/mol.